The lowest BCUT2D eigenvalue weighted by Gasteiger charge is -2.41. The van der Waals surface area contributed by atoms with Crippen molar-refractivity contribution in [3.63, 3.8) is 0 Å². The van der Waals surface area contributed by atoms with Crippen LogP contribution in [0.4, 0.5) is 15.3 Å². The Morgan fingerprint density at radius 3 is 2.58 bits per heavy atom. The molecule has 1 aliphatic rings. The van der Waals surface area contributed by atoms with Gasteiger partial charge in [0, 0.05) is 6.54 Å². The average Bonchev–Trinajstić information content (AvgIpc) is 2.61. The average molecular weight is 331 g/mol. The topological polar surface area (TPSA) is 73.0 Å². The molecule has 1 unspecified atom stereocenters. The molecule has 0 aromatic heterocycles. The fourth-order valence-corrected chi connectivity index (χ4v) is 2.88. The number of para-hydroxylation sites is 1. The van der Waals surface area contributed by atoms with Crippen LogP contribution in [0, 0.1) is 0 Å². The first-order valence-corrected chi connectivity index (χ1v) is 8.01. The molecule has 1 aromatic rings. The number of hydrogen-bond acceptors (Lipinski definition) is 4. The summed E-state index contributed by atoms with van der Waals surface area (Å²) >= 11 is 0. The molecule has 1 atom stereocenters. The van der Waals surface area contributed by atoms with E-state index in [1.807, 2.05) is 25.1 Å². The summed E-state index contributed by atoms with van der Waals surface area (Å²) in [4.78, 5) is 40.7. The van der Waals surface area contributed by atoms with E-state index in [0.717, 1.165) is 24.2 Å². The Labute approximate surface area is 142 Å². The predicted octanol–water partition coefficient (Wildman–Crippen LogP) is 1.81. The van der Waals surface area contributed by atoms with Crippen molar-refractivity contribution < 1.29 is 14.4 Å². The molecule has 0 spiro atoms. The van der Waals surface area contributed by atoms with Gasteiger partial charge >= 0.3 is 12.1 Å². The third-order valence-electron chi connectivity index (χ3n) is 4.03. The van der Waals surface area contributed by atoms with Gasteiger partial charge in [-0.1, -0.05) is 18.2 Å². The molecule has 0 saturated carbocycles. The smallest absolute Gasteiger partial charge is 0.330 e. The van der Waals surface area contributed by atoms with Gasteiger partial charge < -0.3 is 10.2 Å². The van der Waals surface area contributed by atoms with Gasteiger partial charge in [0.25, 0.3) is 0 Å². The maximum Gasteiger partial charge on any atom is 0.334 e. The number of carbonyl (C=O) groups is 2. The SMILES string of the molecule is CN(C)C1CCCCN1C(=O)N(C(=O)NC[C]=O)c1ccccc1. The van der Waals surface area contributed by atoms with Crippen molar-refractivity contribution in [2.75, 3.05) is 32.1 Å². The molecule has 1 aliphatic heterocycles. The van der Waals surface area contributed by atoms with Crippen molar-refractivity contribution >= 4 is 24.0 Å². The first-order valence-electron chi connectivity index (χ1n) is 8.01. The number of benzene rings is 1. The van der Waals surface area contributed by atoms with Crippen molar-refractivity contribution in [1.29, 1.82) is 0 Å². The molecular formula is C17H23N4O3. The van der Waals surface area contributed by atoms with Crippen LogP contribution in [0.5, 0.6) is 0 Å². The van der Waals surface area contributed by atoms with Gasteiger partial charge in [-0.2, -0.15) is 0 Å². The minimum absolute atomic E-state index is 0.0529. The van der Waals surface area contributed by atoms with Gasteiger partial charge in [-0.15, -0.1) is 0 Å². The minimum Gasteiger partial charge on any atom is -0.330 e. The Bertz CT molecular complexity index is 576. The Morgan fingerprint density at radius 1 is 1.25 bits per heavy atom. The van der Waals surface area contributed by atoms with Crippen molar-refractivity contribution in [2.45, 2.75) is 25.4 Å². The molecule has 1 saturated heterocycles. The number of piperidine rings is 1. The van der Waals surface area contributed by atoms with Crippen LogP contribution >= 0.6 is 0 Å². The van der Waals surface area contributed by atoms with Gasteiger partial charge in [-0.3, -0.25) is 9.69 Å². The molecule has 1 heterocycles. The molecule has 1 aromatic carbocycles. The summed E-state index contributed by atoms with van der Waals surface area (Å²) in [5.74, 6) is 0. The van der Waals surface area contributed by atoms with Gasteiger partial charge in [0.1, 0.15) is 0 Å². The van der Waals surface area contributed by atoms with E-state index in [4.69, 9.17) is 0 Å². The summed E-state index contributed by atoms with van der Waals surface area (Å²) in [6.07, 6.45) is 4.37. The highest BCUT2D eigenvalue weighted by molar-refractivity contribution is 6.13. The van der Waals surface area contributed by atoms with Crippen LogP contribution in [-0.4, -0.2) is 61.5 Å². The predicted molar refractivity (Wildman–Crippen MR) is 91.4 cm³/mol. The maximum absolute atomic E-state index is 13.1. The van der Waals surface area contributed by atoms with E-state index < -0.39 is 6.03 Å². The molecule has 24 heavy (non-hydrogen) atoms. The molecule has 0 bridgehead atoms. The van der Waals surface area contributed by atoms with E-state index in [9.17, 15) is 14.4 Å². The Morgan fingerprint density at radius 2 is 1.96 bits per heavy atom. The van der Waals surface area contributed by atoms with Gasteiger partial charge in [0.15, 0.2) is 0 Å². The fourth-order valence-electron chi connectivity index (χ4n) is 2.88. The van der Waals surface area contributed by atoms with Gasteiger partial charge in [0.05, 0.1) is 18.4 Å². The Balaban J connectivity index is 2.29. The zero-order chi connectivity index (χ0) is 17.5. The van der Waals surface area contributed by atoms with Crippen LogP contribution in [0.3, 0.4) is 0 Å². The van der Waals surface area contributed by atoms with Crippen molar-refractivity contribution in [3.05, 3.63) is 30.3 Å². The van der Waals surface area contributed by atoms with Crippen LogP contribution in [-0.2, 0) is 4.79 Å². The first-order chi connectivity index (χ1) is 11.6. The monoisotopic (exact) mass is 331 g/mol. The normalized spacial score (nSPS) is 17.5. The summed E-state index contributed by atoms with van der Waals surface area (Å²) in [5, 5.41) is 2.40. The largest absolute Gasteiger partial charge is 0.334 e. The Kier molecular flexibility index (Phi) is 6.31. The van der Waals surface area contributed by atoms with Gasteiger partial charge in [-0.05, 0) is 45.5 Å². The molecule has 0 aliphatic carbocycles. The number of nitrogens with one attached hydrogen (secondary N) is 1. The highest BCUT2D eigenvalue weighted by Gasteiger charge is 2.34. The van der Waals surface area contributed by atoms with Crippen molar-refractivity contribution in [2.24, 2.45) is 0 Å². The lowest BCUT2D eigenvalue weighted by molar-refractivity contribution is 0.0752. The maximum atomic E-state index is 13.1. The van der Waals surface area contributed by atoms with Crippen molar-refractivity contribution in [3.8, 4) is 0 Å². The quantitative estimate of drug-likeness (QED) is 0.913. The van der Waals surface area contributed by atoms with E-state index in [1.54, 1.807) is 35.5 Å². The molecule has 1 fully saturated rings. The number of urea groups is 2. The number of nitrogens with zero attached hydrogens (tertiary/aromatic N) is 3. The molecule has 1 N–H and O–H groups in total. The first kappa shape index (κ1) is 17.9. The molecule has 2 rings (SSSR count). The highest BCUT2D eigenvalue weighted by atomic mass is 16.2. The second-order valence-electron chi connectivity index (χ2n) is 5.89. The molecular weight excluding hydrogens is 308 g/mol. The van der Waals surface area contributed by atoms with E-state index in [0.29, 0.717) is 12.2 Å². The molecule has 7 heteroatoms. The minimum atomic E-state index is -0.627. The molecule has 4 amide bonds. The van der Waals surface area contributed by atoms with Crippen LogP contribution in [0.1, 0.15) is 19.3 Å². The van der Waals surface area contributed by atoms with Crippen LogP contribution < -0.4 is 10.2 Å². The van der Waals surface area contributed by atoms with Gasteiger partial charge in [-0.25, -0.2) is 14.5 Å². The molecule has 129 valence electrons. The molecule has 1 radical (unpaired) electrons. The summed E-state index contributed by atoms with van der Waals surface area (Å²) in [5.41, 5.74) is 0.467. The number of imide groups is 1. The van der Waals surface area contributed by atoms with E-state index in [-0.39, 0.29) is 18.7 Å². The summed E-state index contributed by atoms with van der Waals surface area (Å²) in [6.45, 7) is 0.338. The number of amides is 4. The number of likely N-dealkylation sites (tertiary alicyclic amines) is 1. The lowest BCUT2D eigenvalue weighted by atomic mass is 10.1. The van der Waals surface area contributed by atoms with E-state index >= 15 is 0 Å². The number of rotatable bonds is 4. The van der Waals surface area contributed by atoms with E-state index in [2.05, 4.69) is 5.32 Å². The fraction of sp³-hybridized carbons (Fsp3) is 0.471. The Hall–Kier alpha value is -2.41. The second kappa shape index (κ2) is 8.44. The van der Waals surface area contributed by atoms with Crippen molar-refractivity contribution in [1.82, 2.24) is 15.1 Å². The summed E-state index contributed by atoms with van der Waals surface area (Å²) < 4.78 is 0. The second-order valence-corrected chi connectivity index (χ2v) is 5.89. The van der Waals surface area contributed by atoms with Crippen LogP contribution in [0.25, 0.3) is 0 Å². The zero-order valence-electron chi connectivity index (χ0n) is 14.1. The highest BCUT2D eigenvalue weighted by Crippen LogP contribution is 2.23. The molecule has 7 nitrogen and oxygen atoms in total. The third kappa shape index (κ3) is 4.11. The standard InChI is InChI=1S/C17H23N4O3/c1-19(2)15-10-6-7-12-20(15)17(24)21(16(23)18-11-13-22)14-8-4-3-5-9-14/h3-5,8-9,15H,6-7,10-12H2,1-2H3,(H,18,23). The van der Waals surface area contributed by atoms with Crippen LogP contribution in [0.2, 0.25) is 0 Å². The zero-order valence-corrected chi connectivity index (χ0v) is 14.1. The van der Waals surface area contributed by atoms with Crippen LogP contribution in [0.15, 0.2) is 30.3 Å². The number of anilines is 1. The van der Waals surface area contributed by atoms with Gasteiger partial charge in [0.2, 0.25) is 6.29 Å². The summed E-state index contributed by atoms with van der Waals surface area (Å²) in [7, 11) is 3.84. The lowest BCUT2D eigenvalue weighted by Crippen LogP contribution is -2.58. The number of carbonyl (C=O) groups excluding carboxylic acids is 3. The van der Waals surface area contributed by atoms with E-state index in [1.165, 1.54) is 0 Å². The number of hydrogen-bond donors (Lipinski definition) is 1. The summed E-state index contributed by atoms with van der Waals surface area (Å²) in [6, 6.07) is 7.70. The third-order valence-corrected chi connectivity index (χ3v) is 4.03.